The molecule has 0 aromatic carbocycles. The summed E-state index contributed by atoms with van der Waals surface area (Å²) in [6.45, 7) is 1.56. The molecule has 0 spiro atoms. The van der Waals surface area contributed by atoms with Crippen LogP contribution < -0.4 is 5.43 Å². The summed E-state index contributed by atoms with van der Waals surface area (Å²) in [4.78, 5) is 37.8. The van der Waals surface area contributed by atoms with Gasteiger partial charge in [0.05, 0.1) is 5.92 Å². The van der Waals surface area contributed by atoms with Gasteiger partial charge in [0, 0.05) is 32.1 Å². The average Bonchev–Trinajstić information content (AvgIpc) is 2.28. The summed E-state index contributed by atoms with van der Waals surface area (Å²) >= 11 is 0. The predicted molar refractivity (Wildman–Crippen MR) is 60.8 cm³/mol. The van der Waals surface area contributed by atoms with E-state index in [9.17, 15) is 14.4 Å². The molecule has 1 aromatic heterocycles. The summed E-state index contributed by atoms with van der Waals surface area (Å²) in [7, 11) is 1.47. The standard InChI is InChI=1S/C11H14N2O4/c1-7(11(16)17)6-13(2)10(15)8-5-12-4-3-9(8)14/h3-5,7H,6H2,1-2H3,(H,12,14)(H,16,17). The number of aromatic amines is 1. The van der Waals surface area contributed by atoms with E-state index in [0.29, 0.717) is 0 Å². The molecule has 1 atom stereocenters. The second-order valence-corrected chi connectivity index (χ2v) is 3.85. The molecule has 2 N–H and O–H groups in total. The van der Waals surface area contributed by atoms with Crippen molar-refractivity contribution in [3.8, 4) is 0 Å². The summed E-state index contributed by atoms with van der Waals surface area (Å²) in [5.41, 5.74) is -0.379. The number of nitrogens with one attached hydrogen (secondary N) is 1. The van der Waals surface area contributed by atoms with Gasteiger partial charge in [-0.25, -0.2) is 0 Å². The molecule has 1 rings (SSSR count). The fraction of sp³-hybridized carbons (Fsp3) is 0.364. The highest BCUT2D eigenvalue weighted by molar-refractivity contribution is 5.93. The first kappa shape index (κ1) is 13.0. The number of amides is 1. The zero-order valence-corrected chi connectivity index (χ0v) is 9.64. The number of pyridine rings is 1. The molecule has 0 radical (unpaired) electrons. The highest BCUT2D eigenvalue weighted by Crippen LogP contribution is 2.02. The van der Waals surface area contributed by atoms with Gasteiger partial charge >= 0.3 is 5.97 Å². The van der Waals surface area contributed by atoms with Crippen molar-refractivity contribution in [2.75, 3.05) is 13.6 Å². The van der Waals surface area contributed by atoms with Crippen molar-refractivity contribution in [1.29, 1.82) is 0 Å². The van der Waals surface area contributed by atoms with Crippen LogP contribution >= 0.6 is 0 Å². The Hall–Kier alpha value is -2.11. The molecular weight excluding hydrogens is 224 g/mol. The minimum absolute atomic E-state index is 0.00703. The van der Waals surface area contributed by atoms with Crippen molar-refractivity contribution >= 4 is 11.9 Å². The molecule has 0 bridgehead atoms. The van der Waals surface area contributed by atoms with Gasteiger partial charge in [0.25, 0.3) is 5.91 Å². The highest BCUT2D eigenvalue weighted by Gasteiger charge is 2.19. The van der Waals surface area contributed by atoms with Gasteiger partial charge in [0.15, 0.2) is 5.43 Å². The molecule has 0 saturated heterocycles. The zero-order chi connectivity index (χ0) is 13.0. The van der Waals surface area contributed by atoms with Crippen LogP contribution in [0.4, 0.5) is 0 Å². The van der Waals surface area contributed by atoms with E-state index in [2.05, 4.69) is 4.98 Å². The Balaban J connectivity index is 2.81. The van der Waals surface area contributed by atoms with Crippen LogP contribution in [0.3, 0.4) is 0 Å². The number of rotatable bonds is 4. The molecule has 17 heavy (non-hydrogen) atoms. The van der Waals surface area contributed by atoms with Crippen LogP contribution in [0.5, 0.6) is 0 Å². The fourth-order valence-electron chi connectivity index (χ4n) is 1.36. The first-order valence-electron chi connectivity index (χ1n) is 5.09. The SMILES string of the molecule is CC(CN(C)C(=O)c1c[nH]ccc1=O)C(=O)O. The molecule has 0 fully saturated rings. The van der Waals surface area contributed by atoms with Gasteiger partial charge in [-0.1, -0.05) is 6.92 Å². The van der Waals surface area contributed by atoms with Crippen LogP contribution in [-0.2, 0) is 4.79 Å². The first-order chi connectivity index (χ1) is 7.93. The summed E-state index contributed by atoms with van der Waals surface area (Å²) in [6, 6.07) is 1.25. The summed E-state index contributed by atoms with van der Waals surface area (Å²) < 4.78 is 0. The number of nitrogens with zero attached hydrogens (tertiary/aromatic N) is 1. The van der Waals surface area contributed by atoms with Crippen LogP contribution in [0.1, 0.15) is 17.3 Å². The Kier molecular flexibility index (Phi) is 4.03. The van der Waals surface area contributed by atoms with Crippen LogP contribution in [0.15, 0.2) is 23.3 Å². The number of hydrogen-bond acceptors (Lipinski definition) is 3. The molecule has 1 aromatic rings. The average molecular weight is 238 g/mol. The Labute approximate surface area is 97.9 Å². The van der Waals surface area contributed by atoms with Gasteiger partial charge < -0.3 is 15.0 Å². The van der Waals surface area contributed by atoms with Crippen LogP contribution in [0, 0.1) is 5.92 Å². The maximum Gasteiger partial charge on any atom is 0.308 e. The molecule has 1 heterocycles. The van der Waals surface area contributed by atoms with Gasteiger partial charge in [0.2, 0.25) is 0 Å². The molecule has 0 aliphatic rings. The second kappa shape index (κ2) is 5.29. The van der Waals surface area contributed by atoms with Crippen LogP contribution in [0.2, 0.25) is 0 Å². The largest absolute Gasteiger partial charge is 0.481 e. The molecule has 1 unspecified atom stereocenters. The molecule has 6 heteroatoms. The zero-order valence-electron chi connectivity index (χ0n) is 9.64. The monoisotopic (exact) mass is 238 g/mol. The number of carboxylic acids is 1. The van der Waals surface area contributed by atoms with Gasteiger partial charge in [-0.2, -0.15) is 0 Å². The van der Waals surface area contributed by atoms with Crippen molar-refractivity contribution < 1.29 is 14.7 Å². The normalized spacial score (nSPS) is 11.9. The summed E-state index contributed by atoms with van der Waals surface area (Å²) in [6.07, 6.45) is 2.74. The smallest absolute Gasteiger partial charge is 0.308 e. The molecule has 1 amide bonds. The van der Waals surface area contributed by atoms with Crippen molar-refractivity contribution in [2.45, 2.75) is 6.92 Å². The van der Waals surface area contributed by atoms with Crippen molar-refractivity contribution in [1.82, 2.24) is 9.88 Å². The third-order valence-electron chi connectivity index (χ3n) is 2.37. The lowest BCUT2D eigenvalue weighted by Gasteiger charge is -2.18. The van der Waals surface area contributed by atoms with Gasteiger partial charge in [0.1, 0.15) is 5.56 Å². The van der Waals surface area contributed by atoms with Gasteiger partial charge in [-0.15, -0.1) is 0 Å². The predicted octanol–water partition coefficient (Wildman–Crippen LogP) is 0.168. The van der Waals surface area contributed by atoms with Crippen molar-refractivity contribution in [2.24, 2.45) is 5.92 Å². The van der Waals surface area contributed by atoms with Crippen molar-refractivity contribution in [3.05, 3.63) is 34.2 Å². The van der Waals surface area contributed by atoms with E-state index in [1.54, 1.807) is 0 Å². The Bertz CT molecular complexity index is 480. The van der Waals surface area contributed by atoms with Gasteiger partial charge in [-0.3, -0.25) is 14.4 Å². The lowest BCUT2D eigenvalue weighted by Crippen LogP contribution is -2.35. The Morgan fingerprint density at radius 3 is 2.71 bits per heavy atom. The maximum atomic E-state index is 11.8. The number of carboxylic acid groups (broad SMARTS) is 1. The summed E-state index contributed by atoms with van der Waals surface area (Å²) in [5.74, 6) is -2.14. The van der Waals surface area contributed by atoms with E-state index in [4.69, 9.17) is 5.11 Å². The van der Waals surface area contributed by atoms with E-state index in [1.165, 1.54) is 37.3 Å². The van der Waals surface area contributed by atoms with E-state index in [0.717, 1.165) is 0 Å². The highest BCUT2D eigenvalue weighted by atomic mass is 16.4. The quantitative estimate of drug-likeness (QED) is 0.782. The molecular formula is C11H14N2O4. The van der Waals surface area contributed by atoms with E-state index >= 15 is 0 Å². The Morgan fingerprint density at radius 1 is 1.53 bits per heavy atom. The maximum absolute atomic E-state index is 11.8. The number of aromatic nitrogens is 1. The number of carbonyl (C=O) groups is 2. The van der Waals surface area contributed by atoms with Crippen LogP contribution in [0.25, 0.3) is 0 Å². The minimum Gasteiger partial charge on any atom is -0.481 e. The lowest BCUT2D eigenvalue weighted by atomic mass is 10.1. The second-order valence-electron chi connectivity index (χ2n) is 3.85. The van der Waals surface area contributed by atoms with E-state index < -0.39 is 17.8 Å². The Morgan fingerprint density at radius 2 is 2.18 bits per heavy atom. The first-order valence-corrected chi connectivity index (χ1v) is 5.09. The van der Waals surface area contributed by atoms with E-state index in [-0.39, 0.29) is 17.5 Å². The van der Waals surface area contributed by atoms with E-state index in [1.807, 2.05) is 0 Å². The summed E-state index contributed by atoms with van der Waals surface area (Å²) in [5, 5.41) is 8.73. The molecule has 0 aliphatic carbocycles. The molecule has 0 aliphatic heterocycles. The molecule has 0 saturated carbocycles. The van der Waals surface area contributed by atoms with Gasteiger partial charge in [-0.05, 0) is 0 Å². The number of hydrogen-bond donors (Lipinski definition) is 2. The topological polar surface area (TPSA) is 90.5 Å². The minimum atomic E-state index is -0.980. The molecule has 6 nitrogen and oxygen atoms in total. The number of carbonyl (C=O) groups excluding carboxylic acids is 1. The fourth-order valence-corrected chi connectivity index (χ4v) is 1.36. The third-order valence-corrected chi connectivity index (χ3v) is 2.37. The number of aliphatic carboxylic acids is 1. The van der Waals surface area contributed by atoms with Crippen LogP contribution in [-0.4, -0.2) is 40.5 Å². The van der Waals surface area contributed by atoms with Crippen molar-refractivity contribution in [3.63, 3.8) is 0 Å². The molecule has 92 valence electrons. The lowest BCUT2D eigenvalue weighted by molar-refractivity contribution is -0.141. The number of H-pyrrole nitrogens is 1. The third kappa shape index (κ3) is 3.17.